The van der Waals surface area contributed by atoms with E-state index < -0.39 is 0 Å². The number of nitrogens with zero attached hydrogens (tertiary/aromatic N) is 3. The fourth-order valence-corrected chi connectivity index (χ4v) is 5.71. The maximum Gasteiger partial charge on any atom is 0.253 e. The van der Waals surface area contributed by atoms with Crippen LogP contribution in [0.25, 0.3) is 0 Å². The lowest BCUT2D eigenvalue weighted by atomic mass is 9.93. The van der Waals surface area contributed by atoms with E-state index in [1.165, 1.54) is 0 Å². The van der Waals surface area contributed by atoms with E-state index in [2.05, 4.69) is 4.90 Å². The van der Waals surface area contributed by atoms with Gasteiger partial charge < -0.3 is 14.7 Å². The molecule has 0 bridgehead atoms. The van der Waals surface area contributed by atoms with Crippen molar-refractivity contribution in [1.82, 2.24) is 9.80 Å². The van der Waals surface area contributed by atoms with E-state index in [4.69, 9.17) is 23.2 Å². The number of likely N-dealkylation sites (N-methyl/N-ethyl adjacent to an activating group) is 1. The van der Waals surface area contributed by atoms with Crippen molar-refractivity contribution in [2.24, 2.45) is 0 Å². The zero-order valence-electron chi connectivity index (χ0n) is 22.7. The van der Waals surface area contributed by atoms with Crippen molar-refractivity contribution in [3.63, 3.8) is 0 Å². The number of amides is 2. The Kier molecular flexibility index (Phi) is 10.4. The summed E-state index contributed by atoms with van der Waals surface area (Å²) in [6.45, 7) is 5.26. The first-order valence-corrected chi connectivity index (χ1v) is 14.5. The van der Waals surface area contributed by atoms with E-state index in [0.29, 0.717) is 28.6 Å². The number of rotatable bonds is 10. The lowest BCUT2D eigenvalue weighted by Gasteiger charge is -2.39. The monoisotopic (exact) mass is 565 g/mol. The van der Waals surface area contributed by atoms with Crippen LogP contribution in [0.1, 0.15) is 54.4 Å². The van der Waals surface area contributed by atoms with Crippen LogP contribution in [-0.4, -0.2) is 60.9 Å². The zero-order chi connectivity index (χ0) is 27.8. The van der Waals surface area contributed by atoms with Crippen molar-refractivity contribution >= 4 is 40.7 Å². The van der Waals surface area contributed by atoms with Gasteiger partial charge in [0.15, 0.2) is 0 Å². The zero-order valence-corrected chi connectivity index (χ0v) is 24.2. The SMILES string of the molecule is CCC(=O)N(c1ccccc1)C1CCN(CC[C@H](CN(C)C(=O)c2ccccc2)c2ccc(Cl)c(Cl)c2)CC1. The summed E-state index contributed by atoms with van der Waals surface area (Å²) in [7, 11) is 1.86. The fourth-order valence-electron chi connectivity index (χ4n) is 5.40. The van der Waals surface area contributed by atoms with Crippen LogP contribution in [0.3, 0.4) is 0 Å². The average molecular weight is 567 g/mol. The van der Waals surface area contributed by atoms with E-state index in [1.807, 2.05) is 97.7 Å². The molecule has 0 aliphatic carbocycles. The van der Waals surface area contributed by atoms with Gasteiger partial charge in [-0.3, -0.25) is 9.59 Å². The van der Waals surface area contributed by atoms with Gasteiger partial charge in [0.2, 0.25) is 5.91 Å². The third kappa shape index (κ3) is 7.63. The molecule has 0 N–H and O–H groups in total. The normalized spacial score (nSPS) is 15.1. The number of carbonyl (C=O) groups excluding carboxylic acids is 2. The number of anilines is 1. The summed E-state index contributed by atoms with van der Waals surface area (Å²) in [4.78, 5) is 32.2. The average Bonchev–Trinajstić information content (AvgIpc) is 2.98. The van der Waals surface area contributed by atoms with Crippen LogP contribution in [0.15, 0.2) is 78.9 Å². The number of likely N-dealkylation sites (tertiary alicyclic amines) is 1. The predicted octanol–water partition coefficient (Wildman–Crippen LogP) is 7.15. The summed E-state index contributed by atoms with van der Waals surface area (Å²) in [6.07, 6.45) is 3.25. The standard InChI is InChI=1S/C32H37Cl2N3O2/c1-3-31(38)37(27-12-8-5-9-13-27)28-17-20-36(21-18-28)19-16-26(25-14-15-29(33)30(34)22-25)23-35(2)32(39)24-10-6-4-7-11-24/h4-15,22,26,28H,3,16-21,23H2,1-2H3/t26-/m1/s1. The Bertz CT molecular complexity index is 1230. The number of hydrogen-bond donors (Lipinski definition) is 0. The molecule has 0 unspecified atom stereocenters. The molecule has 1 aliphatic heterocycles. The van der Waals surface area contributed by atoms with Crippen LogP contribution in [-0.2, 0) is 4.79 Å². The number of hydrogen-bond acceptors (Lipinski definition) is 3. The molecule has 3 aromatic rings. The van der Waals surface area contributed by atoms with Gasteiger partial charge in [-0.15, -0.1) is 0 Å². The van der Waals surface area contributed by atoms with Crippen molar-refractivity contribution in [2.45, 2.75) is 44.6 Å². The first-order valence-electron chi connectivity index (χ1n) is 13.7. The molecule has 1 heterocycles. The molecule has 1 aliphatic rings. The minimum Gasteiger partial charge on any atom is -0.341 e. The van der Waals surface area contributed by atoms with E-state index >= 15 is 0 Å². The summed E-state index contributed by atoms with van der Waals surface area (Å²) in [6, 6.07) is 25.4. The first-order chi connectivity index (χ1) is 18.9. The van der Waals surface area contributed by atoms with Gasteiger partial charge in [-0.25, -0.2) is 0 Å². The molecular formula is C32H37Cl2N3O2. The van der Waals surface area contributed by atoms with E-state index in [1.54, 1.807) is 4.90 Å². The van der Waals surface area contributed by atoms with Crippen molar-refractivity contribution in [3.8, 4) is 0 Å². The summed E-state index contributed by atoms with van der Waals surface area (Å²) in [5.74, 6) is 0.283. The lowest BCUT2D eigenvalue weighted by Crippen LogP contribution is -2.48. The van der Waals surface area contributed by atoms with E-state index in [-0.39, 0.29) is 23.8 Å². The Hall–Kier alpha value is -2.86. The van der Waals surface area contributed by atoms with Crippen LogP contribution in [0.5, 0.6) is 0 Å². The van der Waals surface area contributed by atoms with Crippen molar-refractivity contribution in [1.29, 1.82) is 0 Å². The van der Waals surface area contributed by atoms with Gasteiger partial charge in [-0.1, -0.05) is 72.6 Å². The largest absolute Gasteiger partial charge is 0.341 e. The maximum atomic E-state index is 13.1. The van der Waals surface area contributed by atoms with Gasteiger partial charge in [0.05, 0.1) is 10.0 Å². The summed E-state index contributed by atoms with van der Waals surface area (Å²) < 4.78 is 0. The Morgan fingerprint density at radius 1 is 0.923 bits per heavy atom. The van der Waals surface area contributed by atoms with Crippen molar-refractivity contribution in [3.05, 3.63) is 100 Å². The molecule has 4 rings (SSSR count). The number of para-hydroxylation sites is 1. The summed E-state index contributed by atoms with van der Waals surface area (Å²) in [5.41, 5.74) is 2.74. The smallest absolute Gasteiger partial charge is 0.253 e. The number of halogens is 2. The third-order valence-corrected chi connectivity index (χ3v) is 8.34. The fraction of sp³-hybridized carbons (Fsp3) is 0.375. The summed E-state index contributed by atoms with van der Waals surface area (Å²) in [5, 5.41) is 1.05. The Morgan fingerprint density at radius 2 is 1.56 bits per heavy atom. The molecule has 0 spiro atoms. The molecule has 2 amide bonds. The maximum absolute atomic E-state index is 13.1. The molecule has 0 radical (unpaired) electrons. The van der Waals surface area contributed by atoms with Gasteiger partial charge in [0.25, 0.3) is 5.91 Å². The van der Waals surface area contributed by atoms with Crippen LogP contribution in [0.4, 0.5) is 5.69 Å². The van der Waals surface area contributed by atoms with Crippen molar-refractivity contribution in [2.75, 3.05) is 38.1 Å². The second kappa shape index (κ2) is 14.0. The lowest BCUT2D eigenvalue weighted by molar-refractivity contribution is -0.119. The Morgan fingerprint density at radius 3 is 2.18 bits per heavy atom. The topological polar surface area (TPSA) is 43.9 Å². The highest BCUT2D eigenvalue weighted by Crippen LogP contribution is 2.30. The minimum absolute atomic E-state index is 0.00284. The highest BCUT2D eigenvalue weighted by atomic mass is 35.5. The third-order valence-electron chi connectivity index (χ3n) is 7.60. The Labute approximate surface area is 242 Å². The number of carbonyl (C=O) groups is 2. The molecule has 1 atom stereocenters. The quantitative estimate of drug-likeness (QED) is 0.262. The molecule has 5 nitrogen and oxygen atoms in total. The second-order valence-electron chi connectivity index (χ2n) is 10.2. The molecule has 1 saturated heterocycles. The second-order valence-corrected chi connectivity index (χ2v) is 11.1. The molecule has 0 aromatic heterocycles. The van der Waals surface area contributed by atoms with E-state index in [0.717, 1.165) is 50.1 Å². The number of benzene rings is 3. The molecular weight excluding hydrogens is 529 g/mol. The molecule has 0 saturated carbocycles. The molecule has 39 heavy (non-hydrogen) atoms. The van der Waals surface area contributed by atoms with Gasteiger partial charge in [-0.05, 0) is 67.8 Å². The predicted molar refractivity (Wildman–Crippen MR) is 161 cm³/mol. The molecule has 1 fully saturated rings. The Balaban J connectivity index is 1.41. The van der Waals surface area contributed by atoms with E-state index in [9.17, 15) is 9.59 Å². The van der Waals surface area contributed by atoms with Gasteiger partial charge in [-0.2, -0.15) is 0 Å². The van der Waals surface area contributed by atoms with Crippen LogP contribution in [0.2, 0.25) is 10.0 Å². The van der Waals surface area contributed by atoms with Crippen LogP contribution in [0, 0.1) is 0 Å². The van der Waals surface area contributed by atoms with Gasteiger partial charge in [0, 0.05) is 56.3 Å². The number of piperidine rings is 1. The highest BCUT2D eigenvalue weighted by molar-refractivity contribution is 6.42. The van der Waals surface area contributed by atoms with Gasteiger partial charge in [0.1, 0.15) is 0 Å². The first kappa shape index (κ1) is 29.1. The molecule has 206 valence electrons. The highest BCUT2D eigenvalue weighted by Gasteiger charge is 2.29. The molecule has 7 heteroatoms. The van der Waals surface area contributed by atoms with Gasteiger partial charge >= 0.3 is 0 Å². The minimum atomic E-state index is 0.00284. The van der Waals surface area contributed by atoms with Crippen LogP contribution < -0.4 is 4.90 Å². The summed E-state index contributed by atoms with van der Waals surface area (Å²) >= 11 is 12.6. The van der Waals surface area contributed by atoms with Crippen LogP contribution >= 0.6 is 23.2 Å². The molecule has 3 aromatic carbocycles. The van der Waals surface area contributed by atoms with Crippen molar-refractivity contribution < 1.29 is 9.59 Å².